The van der Waals surface area contributed by atoms with E-state index in [1.165, 1.54) is 0 Å². The lowest BCUT2D eigenvalue weighted by molar-refractivity contribution is 0.154. The Morgan fingerprint density at radius 3 is 2.52 bits per heavy atom. The lowest BCUT2D eigenvalue weighted by atomic mass is 9.97. The van der Waals surface area contributed by atoms with Gasteiger partial charge in [0.05, 0.1) is 18.2 Å². The van der Waals surface area contributed by atoms with Crippen molar-refractivity contribution in [1.82, 2.24) is 10.6 Å². The number of aliphatic hydroxyl groups excluding tert-OH is 1. The van der Waals surface area contributed by atoms with E-state index in [0.717, 1.165) is 24.8 Å². The summed E-state index contributed by atoms with van der Waals surface area (Å²) in [5.41, 5.74) is 0.497. The molecule has 3 N–H and O–H groups in total. The van der Waals surface area contributed by atoms with E-state index >= 15 is 0 Å². The zero-order chi connectivity index (χ0) is 15.5. The van der Waals surface area contributed by atoms with Crippen LogP contribution >= 0.6 is 11.6 Å². The van der Waals surface area contributed by atoms with Gasteiger partial charge in [-0.1, -0.05) is 30.7 Å². The molecule has 116 valence electrons. The molecule has 0 radical (unpaired) electrons. The van der Waals surface area contributed by atoms with Crippen molar-refractivity contribution in [3.05, 3.63) is 34.9 Å². The third-order valence-corrected chi connectivity index (χ3v) is 4.44. The Kier molecular flexibility index (Phi) is 5.12. The van der Waals surface area contributed by atoms with Crippen molar-refractivity contribution < 1.29 is 9.90 Å². The Morgan fingerprint density at radius 1 is 1.43 bits per heavy atom. The first-order chi connectivity index (χ1) is 9.98. The van der Waals surface area contributed by atoms with Crippen LogP contribution in [0.1, 0.15) is 44.7 Å². The van der Waals surface area contributed by atoms with Crippen LogP contribution in [0.15, 0.2) is 24.3 Å². The van der Waals surface area contributed by atoms with Crippen molar-refractivity contribution in [2.75, 3.05) is 6.61 Å². The molecule has 1 fully saturated rings. The molecule has 1 aliphatic rings. The van der Waals surface area contributed by atoms with E-state index in [4.69, 9.17) is 11.6 Å². The third-order valence-electron chi connectivity index (χ3n) is 4.19. The van der Waals surface area contributed by atoms with E-state index in [1.807, 2.05) is 38.1 Å². The van der Waals surface area contributed by atoms with Crippen LogP contribution in [0.2, 0.25) is 5.02 Å². The number of carbonyl (C=O) groups excluding carboxylic acids is 1. The third kappa shape index (κ3) is 4.11. The van der Waals surface area contributed by atoms with Crippen molar-refractivity contribution >= 4 is 17.6 Å². The number of benzene rings is 1. The second-order valence-corrected chi connectivity index (χ2v) is 6.40. The molecule has 0 aromatic heterocycles. The Hall–Kier alpha value is -1.26. The molecule has 2 unspecified atom stereocenters. The first-order valence-electron chi connectivity index (χ1n) is 7.43. The maximum atomic E-state index is 12.2. The minimum absolute atomic E-state index is 0.0389. The zero-order valence-corrected chi connectivity index (χ0v) is 13.3. The number of aliphatic hydroxyl groups is 1. The molecule has 21 heavy (non-hydrogen) atoms. The summed E-state index contributed by atoms with van der Waals surface area (Å²) in [4.78, 5) is 12.2. The van der Waals surface area contributed by atoms with E-state index in [-0.39, 0.29) is 18.7 Å². The molecule has 1 aliphatic carbocycles. The average Bonchev–Trinajstić information content (AvgIpc) is 3.30. The summed E-state index contributed by atoms with van der Waals surface area (Å²) in [6.45, 7) is 3.88. The van der Waals surface area contributed by atoms with Crippen LogP contribution in [0.25, 0.3) is 0 Å². The van der Waals surface area contributed by atoms with Gasteiger partial charge in [-0.15, -0.1) is 0 Å². The summed E-state index contributed by atoms with van der Waals surface area (Å²) in [5, 5.41) is 16.1. The van der Waals surface area contributed by atoms with E-state index in [0.29, 0.717) is 10.9 Å². The minimum atomic E-state index is -0.525. The van der Waals surface area contributed by atoms with Crippen molar-refractivity contribution in [2.45, 2.75) is 44.7 Å². The number of carbonyl (C=O) groups is 1. The second-order valence-electron chi connectivity index (χ2n) is 5.96. The summed E-state index contributed by atoms with van der Waals surface area (Å²) in [5.74, 6) is 0.379. The molecule has 0 heterocycles. The zero-order valence-electron chi connectivity index (χ0n) is 12.5. The monoisotopic (exact) mass is 310 g/mol. The van der Waals surface area contributed by atoms with Gasteiger partial charge in [-0.2, -0.15) is 0 Å². The molecule has 1 saturated carbocycles. The summed E-state index contributed by atoms with van der Waals surface area (Å²) in [7, 11) is 0. The van der Waals surface area contributed by atoms with Crippen LogP contribution in [-0.4, -0.2) is 23.3 Å². The van der Waals surface area contributed by atoms with E-state index in [2.05, 4.69) is 10.6 Å². The molecule has 0 bridgehead atoms. The lowest BCUT2D eigenvalue weighted by Gasteiger charge is -2.30. The van der Waals surface area contributed by atoms with Gasteiger partial charge in [-0.3, -0.25) is 0 Å². The molecule has 5 heteroatoms. The molecule has 4 nitrogen and oxygen atoms in total. The fourth-order valence-corrected chi connectivity index (χ4v) is 2.69. The van der Waals surface area contributed by atoms with Gasteiger partial charge in [-0.05, 0) is 49.8 Å². The maximum absolute atomic E-state index is 12.2. The normalized spacial score (nSPS) is 18.7. The molecular formula is C16H23ClN2O2. The van der Waals surface area contributed by atoms with Gasteiger partial charge in [-0.25, -0.2) is 4.79 Å². The first kappa shape index (κ1) is 16.1. The fourth-order valence-electron chi connectivity index (χ4n) is 2.56. The maximum Gasteiger partial charge on any atom is 0.315 e. The number of halogens is 1. The van der Waals surface area contributed by atoms with Crippen LogP contribution in [0.3, 0.4) is 0 Å². The van der Waals surface area contributed by atoms with Gasteiger partial charge in [0.1, 0.15) is 0 Å². The Morgan fingerprint density at radius 2 is 2.05 bits per heavy atom. The fraction of sp³-hybridized carbons (Fsp3) is 0.562. The molecule has 2 amide bonds. The molecular weight excluding hydrogens is 288 g/mol. The second kappa shape index (κ2) is 6.67. The van der Waals surface area contributed by atoms with Gasteiger partial charge in [0.15, 0.2) is 0 Å². The van der Waals surface area contributed by atoms with Crippen molar-refractivity contribution in [1.29, 1.82) is 0 Å². The Bertz CT molecular complexity index is 488. The van der Waals surface area contributed by atoms with Crippen LogP contribution in [0, 0.1) is 5.92 Å². The number of nitrogens with one attached hydrogen (secondary N) is 2. The smallest absolute Gasteiger partial charge is 0.315 e. The number of rotatable bonds is 6. The number of amides is 2. The Balaban J connectivity index is 1.97. The molecule has 0 spiro atoms. The van der Waals surface area contributed by atoms with Crippen LogP contribution in [0.5, 0.6) is 0 Å². The van der Waals surface area contributed by atoms with Crippen LogP contribution < -0.4 is 10.6 Å². The van der Waals surface area contributed by atoms with Crippen LogP contribution in [0.4, 0.5) is 4.79 Å². The topological polar surface area (TPSA) is 61.4 Å². The summed E-state index contributed by atoms with van der Waals surface area (Å²) in [6.07, 6.45) is 2.91. The molecule has 2 atom stereocenters. The van der Waals surface area contributed by atoms with E-state index in [9.17, 15) is 9.90 Å². The van der Waals surface area contributed by atoms with Crippen molar-refractivity contribution in [2.24, 2.45) is 5.92 Å². The van der Waals surface area contributed by atoms with Gasteiger partial charge < -0.3 is 15.7 Å². The predicted molar refractivity (Wildman–Crippen MR) is 84.4 cm³/mol. The quantitative estimate of drug-likeness (QED) is 0.755. The highest BCUT2D eigenvalue weighted by molar-refractivity contribution is 6.30. The van der Waals surface area contributed by atoms with Crippen molar-refractivity contribution in [3.63, 3.8) is 0 Å². The average molecular weight is 311 g/mol. The summed E-state index contributed by atoms with van der Waals surface area (Å²) >= 11 is 5.89. The highest BCUT2D eigenvalue weighted by Gasteiger charge is 2.42. The largest absolute Gasteiger partial charge is 0.394 e. The molecule has 2 rings (SSSR count). The van der Waals surface area contributed by atoms with Crippen molar-refractivity contribution in [3.8, 4) is 0 Å². The summed E-state index contributed by atoms with van der Waals surface area (Å²) in [6, 6.07) is 7.18. The summed E-state index contributed by atoms with van der Waals surface area (Å²) < 4.78 is 0. The Labute approximate surface area is 130 Å². The van der Waals surface area contributed by atoms with Gasteiger partial charge >= 0.3 is 6.03 Å². The SMILES string of the molecule is CCC(NC(=O)NC(C)(CO)C1CC1)c1ccc(Cl)cc1. The molecule has 0 aliphatic heterocycles. The molecule has 0 saturated heterocycles. The number of hydrogen-bond donors (Lipinski definition) is 3. The molecule has 1 aromatic rings. The van der Waals surface area contributed by atoms with Crippen LogP contribution in [-0.2, 0) is 0 Å². The highest BCUT2D eigenvalue weighted by Crippen LogP contribution is 2.39. The predicted octanol–water partition coefficient (Wildman–Crippen LogP) is 3.25. The number of hydrogen-bond acceptors (Lipinski definition) is 2. The van der Waals surface area contributed by atoms with Gasteiger partial charge in [0.2, 0.25) is 0 Å². The first-order valence-corrected chi connectivity index (χ1v) is 7.81. The van der Waals surface area contributed by atoms with Gasteiger partial charge in [0.25, 0.3) is 0 Å². The lowest BCUT2D eigenvalue weighted by Crippen LogP contribution is -2.54. The van der Waals surface area contributed by atoms with E-state index in [1.54, 1.807) is 0 Å². The highest BCUT2D eigenvalue weighted by atomic mass is 35.5. The minimum Gasteiger partial charge on any atom is -0.394 e. The van der Waals surface area contributed by atoms with E-state index < -0.39 is 5.54 Å². The molecule has 1 aromatic carbocycles. The standard InChI is InChI=1S/C16H23ClN2O2/c1-3-14(11-4-8-13(17)9-5-11)18-15(21)19-16(2,10-20)12-6-7-12/h4-5,8-9,12,14,20H,3,6-7,10H2,1-2H3,(H2,18,19,21). The van der Waals surface area contributed by atoms with Gasteiger partial charge in [0, 0.05) is 5.02 Å². The number of urea groups is 1.